The molecule has 0 heterocycles. The van der Waals surface area contributed by atoms with Gasteiger partial charge in [-0.2, -0.15) is 0 Å². The molecule has 5 rings (SSSR count). The van der Waals surface area contributed by atoms with Crippen LogP contribution in [0.5, 0.6) is 0 Å². The molecule has 0 aromatic heterocycles. The molecule has 4 heteroatoms. The minimum atomic E-state index is -0.445. The predicted molar refractivity (Wildman–Crippen MR) is 111 cm³/mol. The van der Waals surface area contributed by atoms with Crippen molar-refractivity contribution in [2.45, 2.75) is 63.3 Å². The van der Waals surface area contributed by atoms with Crippen molar-refractivity contribution >= 4 is 18.2 Å². The van der Waals surface area contributed by atoms with Crippen LogP contribution in [-0.4, -0.2) is 24.9 Å². The third kappa shape index (κ3) is 5.11. The standard InChI is InChI=1S/C11H15NOS.C11H19N/c1-11(2,9-13)12-14-8-10-6-4-3-5-7-10;1-12-11-9-3-7-2-8(5-9)6-10(11)4-7/h3-7,9,12H,8H2,1-2H3;7-12H,2-6H2,1H3. The maximum Gasteiger partial charge on any atom is 0.140 e. The molecule has 0 aliphatic heterocycles. The van der Waals surface area contributed by atoms with Gasteiger partial charge >= 0.3 is 0 Å². The average Bonchev–Trinajstić information content (AvgIpc) is 2.62. The largest absolute Gasteiger partial charge is 0.316 e. The van der Waals surface area contributed by atoms with Crippen LogP contribution in [0.1, 0.15) is 51.5 Å². The second kappa shape index (κ2) is 8.90. The number of rotatable bonds is 6. The van der Waals surface area contributed by atoms with Crippen LogP contribution in [0.3, 0.4) is 0 Å². The summed E-state index contributed by atoms with van der Waals surface area (Å²) >= 11 is 1.56. The van der Waals surface area contributed by atoms with Gasteiger partial charge in [0, 0.05) is 11.8 Å². The maximum absolute atomic E-state index is 10.6. The Bertz CT molecular complexity index is 547. The van der Waals surface area contributed by atoms with E-state index in [9.17, 15) is 4.79 Å². The first-order valence-corrected chi connectivity index (χ1v) is 11.1. The zero-order chi connectivity index (χ0) is 18.6. The third-order valence-corrected chi connectivity index (χ3v) is 7.42. The van der Waals surface area contributed by atoms with Crippen LogP contribution in [0.25, 0.3) is 0 Å². The number of nitrogens with one attached hydrogen (secondary N) is 2. The van der Waals surface area contributed by atoms with E-state index in [0.29, 0.717) is 0 Å². The average molecular weight is 375 g/mol. The van der Waals surface area contributed by atoms with Crippen molar-refractivity contribution < 1.29 is 4.79 Å². The van der Waals surface area contributed by atoms with Gasteiger partial charge in [0.1, 0.15) is 6.29 Å². The second-order valence-electron chi connectivity index (χ2n) is 8.96. The second-order valence-corrected chi connectivity index (χ2v) is 9.74. The summed E-state index contributed by atoms with van der Waals surface area (Å²) in [6.45, 7) is 3.72. The van der Waals surface area contributed by atoms with E-state index in [0.717, 1.165) is 41.8 Å². The molecular formula is C22H34N2OS. The number of hydrogen-bond acceptors (Lipinski definition) is 4. The fourth-order valence-electron chi connectivity index (χ4n) is 5.30. The molecule has 0 spiro atoms. The monoisotopic (exact) mass is 374 g/mol. The van der Waals surface area contributed by atoms with E-state index in [1.807, 2.05) is 32.0 Å². The SMILES string of the molecule is CC(C)(C=O)NSCc1ccccc1.CNC1C2CC3CC(C2)CC1C3. The number of benzene rings is 1. The summed E-state index contributed by atoms with van der Waals surface area (Å²) < 4.78 is 3.11. The van der Waals surface area contributed by atoms with Crippen LogP contribution in [0.4, 0.5) is 0 Å². The lowest BCUT2D eigenvalue weighted by Crippen LogP contribution is -2.53. The Labute approximate surface area is 163 Å². The van der Waals surface area contributed by atoms with Crippen LogP contribution >= 0.6 is 11.9 Å². The molecule has 1 aromatic carbocycles. The van der Waals surface area contributed by atoms with Gasteiger partial charge in [0.25, 0.3) is 0 Å². The minimum absolute atomic E-state index is 0.445. The first-order chi connectivity index (χ1) is 12.5. The molecule has 1 aromatic rings. The van der Waals surface area contributed by atoms with Gasteiger partial charge in [-0.3, -0.25) is 4.72 Å². The predicted octanol–water partition coefficient (Wildman–Crippen LogP) is 4.43. The van der Waals surface area contributed by atoms with Crippen LogP contribution in [0, 0.1) is 23.7 Å². The maximum atomic E-state index is 10.6. The highest BCUT2D eigenvalue weighted by molar-refractivity contribution is 7.96. The van der Waals surface area contributed by atoms with Crippen molar-refractivity contribution in [1.29, 1.82) is 0 Å². The van der Waals surface area contributed by atoms with Crippen molar-refractivity contribution in [3.05, 3.63) is 35.9 Å². The Balaban J connectivity index is 0.000000152. The van der Waals surface area contributed by atoms with Gasteiger partial charge in [0.2, 0.25) is 0 Å². The lowest BCUT2D eigenvalue weighted by molar-refractivity contribution is -0.111. The zero-order valence-corrected chi connectivity index (χ0v) is 17.2. The summed E-state index contributed by atoms with van der Waals surface area (Å²) in [5.74, 6) is 5.21. The quantitative estimate of drug-likeness (QED) is 0.571. The van der Waals surface area contributed by atoms with E-state index in [2.05, 4.69) is 29.2 Å². The van der Waals surface area contributed by atoms with E-state index in [1.165, 1.54) is 5.56 Å². The Morgan fingerprint density at radius 1 is 1.04 bits per heavy atom. The topological polar surface area (TPSA) is 41.1 Å². The Hall–Kier alpha value is -0.840. The summed E-state index contributed by atoms with van der Waals surface area (Å²) in [6, 6.07) is 11.1. The molecule has 4 aliphatic carbocycles. The molecule has 4 fully saturated rings. The Kier molecular flexibility index (Phi) is 6.81. The van der Waals surface area contributed by atoms with Gasteiger partial charge in [0.15, 0.2) is 0 Å². The Morgan fingerprint density at radius 3 is 2.12 bits per heavy atom. The minimum Gasteiger partial charge on any atom is -0.316 e. The number of carbonyl (C=O) groups excluding carboxylic acids is 1. The highest BCUT2D eigenvalue weighted by Gasteiger charge is 2.47. The third-order valence-electron chi connectivity index (χ3n) is 6.27. The van der Waals surface area contributed by atoms with Gasteiger partial charge in [-0.1, -0.05) is 42.3 Å². The van der Waals surface area contributed by atoms with Crippen LogP contribution < -0.4 is 10.0 Å². The molecule has 0 saturated heterocycles. The smallest absolute Gasteiger partial charge is 0.140 e. The molecule has 4 saturated carbocycles. The molecule has 4 aliphatic rings. The number of aldehydes is 1. The summed E-state index contributed by atoms with van der Waals surface area (Å²) in [7, 11) is 2.16. The van der Waals surface area contributed by atoms with Gasteiger partial charge < -0.3 is 10.1 Å². The van der Waals surface area contributed by atoms with Crippen molar-refractivity contribution in [2.75, 3.05) is 7.05 Å². The first kappa shape index (κ1) is 19.9. The summed E-state index contributed by atoms with van der Waals surface area (Å²) in [4.78, 5) is 10.6. The van der Waals surface area contributed by atoms with E-state index < -0.39 is 5.54 Å². The van der Waals surface area contributed by atoms with Crippen molar-refractivity contribution in [3.63, 3.8) is 0 Å². The lowest BCUT2D eigenvalue weighted by atomic mass is 9.54. The molecular weight excluding hydrogens is 340 g/mol. The van der Waals surface area contributed by atoms with E-state index in [4.69, 9.17) is 0 Å². The molecule has 0 atom stereocenters. The van der Waals surface area contributed by atoms with Gasteiger partial charge in [-0.15, -0.1) is 0 Å². The summed E-state index contributed by atoms with van der Waals surface area (Å²) in [5.41, 5.74) is 0.811. The molecule has 26 heavy (non-hydrogen) atoms. The van der Waals surface area contributed by atoms with Gasteiger partial charge in [0.05, 0.1) is 5.54 Å². The zero-order valence-electron chi connectivity index (χ0n) is 16.4. The van der Waals surface area contributed by atoms with Gasteiger partial charge in [-0.05, 0) is 82.2 Å². The lowest BCUT2D eigenvalue weighted by Gasteiger charge is -2.54. The van der Waals surface area contributed by atoms with E-state index in [1.54, 1.807) is 44.1 Å². The molecule has 4 bridgehead atoms. The van der Waals surface area contributed by atoms with Crippen molar-refractivity contribution in [3.8, 4) is 0 Å². The molecule has 0 radical (unpaired) electrons. The van der Waals surface area contributed by atoms with E-state index in [-0.39, 0.29) is 0 Å². The van der Waals surface area contributed by atoms with E-state index >= 15 is 0 Å². The van der Waals surface area contributed by atoms with Crippen LogP contribution in [-0.2, 0) is 10.5 Å². The Morgan fingerprint density at radius 2 is 1.62 bits per heavy atom. The fraction of sp³-hybridized carbons (Fsp3) is 0.682. The molecule has 0 amide bonds. The van der Waals surface area contributed by atoms with Crippen molar-refractivity contribution in [2.24, 2.45) is 23.7 Å². The molecule has 2 N–H and O–H groups in total. The summed E-state index contributed by atoms with van der Waals surface area (Å²) in [6.07, 6.45) is 8.66. The first-order valence-electron chi connectivity index (χ1n) is 10.1. The number of carbonyl (C=O) groups is 1. The summed E-state index contributed by atoms with van der Waals surface area (Å²) in [5, 5.41) is 3.55. The van der Waals surface area contributed by atoms with Gasteiger partial charge in [-0.25, -0.2) is 0 Å². The van der Waals surface area contributed by atoms with Crippen LogP contribution in [0.15, 0.2) is 30.3 Å². The highest BCUT2D eigenvalue weighted by atomic mass is 32.2. The number of hydrogen-bond donors (Lipinski definition) is 2. The van der Waals surface area contributed by atoms with Crippen molar-refractivity contribution in [1.82, 2.24) is 10.0 Å². The molecule has 144 valence electrons. The van der Waals surface area contributed by atoms with Crippen LogP contribution in [0.2, 0.25) is 0 Å². The highest BCUT2D eigenvalue weighted by Crippen LogP contribution is 2.53. The fourth-order valence-corrected chi connectivity index (χ4v) is 6.15. The normalized spacial score (nSPS) is 32.0. The molecule has 3 nitrogen and oxygen atoms in total. The molecule has 0 unspecified atom stereocenters.